The molecule has 0 aromatic rings. The van der Waals surface area contributed by atoms with Crippen molar-refractivity contribution < 1.29 is 15.3 Å². The third-order valence-electron chi connectivity index (χ3n) is 1.38. The maximum Gasteiger partial charge on any atom is 0.277 e. The average molecular weight is 134 g/mol. The molecule has 0 saturated carbocycles. The molecule has 0 bridgehead atoms. The van der Waals surface area contributed by atoms with Crippen LogP contribution < -0.4 is 0 Å². The van der Waals surface area contributed by atoms with Crippen LogP contribution in [0.4, 0.5) is 0 Å². The first-order valence-electron chi connectivity index (χ1n) is 3.15. The molecule has 0 heterocycles. The van der Waals surface area contributed by atoms with E-state index in [9.17, 15) is 0 Å². The Morgan fingerprint density at radius 3 is 1.89 bits per heavy atom. The first-order chi connectivity index (χ1) is 3.98. The molecule has 0 saturated heterocycles. The van der Waals surface area contributed by atoms with Crippen LogP contribution in [0.2, 0.25) is 0 Å². The molecule has 0 rings (SSSR count). The fourth-order valence-electron chi connectivity index (χ4n) is 0.627. The van der Waals surface area contributed by atoms with Gasteiger partial charge in [-0.3, -0.25) is 0 Å². The summed E-state index contributed by atoms with van der Waals surface area (Å²) in [5.74, 6) is -2.96. The Hall–Kier alpha value is -0.120. The molecule has 1 unspecified atom stereocenters. The van der Waals surface area contributed by atoms with Gasteiger partial charge < -0.3 is 15.3 Å². The fourth-order valence-corrected chi connectivity index (χ4v) is 0.627. The molecule has 0 aliphatic rings. The summed E-state index contributed by atoms with van der Waals surface area (Å²) < 4.78 is 0. The van der Waals surface area contributed by atoms with Crippen LogP contribution in [0.1, 0.15) is 26.7 Å². The Labute approximate surface area is 54.9 Å². The summed E-state index contributed by atoms with van der Waals surface area (Å²) in [4.78, 5) is 0. The van der Waals surface area contributed by atoms with E-state index in [0.717, 1.165) is 6.42 Å². The van der Waals surface area contributed by atoms with E-state index >= 15 is 0 Å². The van der Waals surface area contributed by atoms with E-state index in [2.05, 4.69) is 0 Å². The minimum atomic E-state index is -2.49. The van der Waals surface area contributed by atoms with Crippen molar-refractivity contribution in [1.29, 1.82) is 0 Å². The summed E-state index contributed by atoms with van der Waals surface area (Å²) in [5, 5.41) is 25.6. The highest BCUT2D eigenvalue weighted by Crippen LogP contribution is 2.15. The summed E-state index contributed by atoms with van der Waals surface area (Å²) in [6.45, 7) is 3.51. The van der Waals surface area contributed by atoms with Crippen molar-refractivity contribution in [2.45, 2.75) is 32.7 Å². The highest BCUT2D eigenvalue weighted by molar-refractivity contribution is 4.58. The van der Waals surface area contributed by atoms with Crippen LogP contribution in [0.3, 0.4) is 0 Å². The van der Waals surface area contributed by atoms with Crippen LogP contribution in [0.15, 0.2) is 0 Å². The second-order valence-electron chi connectivity index (χ2n) is 2.38. The number of aliphatic hydroxyl groups is 3. The van der Waals surface area contributed by atoms with Gasteiger partial charge in [-0.05, 0) is 6.42 Å². The Morgan fingerprint density at radius 1 is 1.33 bits per heavy atom. The number of hydrogen-bond acceptors (Lipinski definition) is 3. The van der Waals surface area contributed by atoms with Gasteiger partial charge in [0.05, 0.1) is 0 Å². The molecule has 0 aliphatic carbocycles. The van der Waals surface area contributed by atoms with Crippen molar-refractivity contribution in [2.24, 2.45) is 5.92 Å². The highest BCUT2D eigenvalue weighted by atomic mass is 16.7. The second-order valence-corrected chi connectivity index (χ2v) is 2.38. The van der Waals surface area contributed by atoms with Gasteiger partial charge in [0.25, 0.3) is 5.97 Å². The normalized spacial score (nSPS) is 15.7. The predicted molar refractivity (Wildman–Crippen MR) is 33.5 cm³/mol. The molecule has 0 spiro atoms. The second kappa shape index (κ2) is 3.15. The van der Waals surface area contributed by atoms with Crippen molar-refractivity contribution in [3.63, 3.8) is 0 Å². The molecule has 0 aromatic heterocycles. The van der Waals surface area contributed by atoms with Crippen LogP contribution in [0.25, 0.3) is 0 Å². The fraction of sp³-hybridized carbons (Fsp3) is 1.00. The SMILES string of the molecule is CCCC(C)C(O)(O)O. The number of hydrogen-bond donors (Lipinski definition) is 3. The Morgan fingerprint density at radius 2 is 1.78 bits per heavy atom. The van der Waals surface area contributed by atoms with Gasteiger partial charge in [0.1, 0.15) is 0 Å². The van der Waals surface area contributed by atoms with Crippen molar-refractivity contribution in [3.8, 4) is 0 Å². The van der Waals surface area contributed by atoms with Gasteiger partial charge in [-0.1, -0.05) is 20.3 Å². The molecule has 3 heteroatoms. The van der Waals surface area contributed by atoms with Crippen molar-refractivity contribution in [3.05, 3.63) is 0 Å². The lowest BCUT2D eigenvalue weighted by atomic mass is 10.0. The van der Waals surface area contributed by atoms with Crippen LogP contribution in [0, 0.1) is 5.92 Å². The summed E-state index contributed by atoms with van der Waals surface area (Å²) >= 11 is 0. The zero-order chi connectivity index (χ0) is 7.49. The molecular weight excluding hydrogens is 120 g/mol. The molecular formula is C6H14O3. The largest absolute Gasteiger partial charge is 0.343 e. The molecule has 0 radical (unpaired) electrons. The van der Waals surface area contributed by atoms with E-state index in [0.29, 0.717) is 6.42 Å². The molecule has 3 nitrogen and oxygen atoms in total. The molecule has 1 atom stereocenters. The van der Waals surface area contributed by atoms with E-state index in [1.165, 1.54) is 0 Å². The molecule has 0 amide bonds. The van der Waals surface area contributed by atoms with E-state index in [1.807, 2.05) is 6.92 Å². The Kier molecular flexibility index (Phi) is 3.11. The average Bonchev–Trinajstić information content (AvgIpc) is 1.64. The first-order valence-corrected chi connectivity index (χ1v) is 3.15. The zero-order valence-electron chi connectivity index (χ0n) is 5.83. The molecule has 0 aromatic carbocycles. The monoisotopic (exact) mass is 134 g/mol. The van der Waals surface area contributed by atoms with Crippen LogP contribution in [0.5, 0.6) is 0 Å². The van der Waals surface area contributed by atoms with Crippen LogP contribution in [-0.2, 0) is 0 Å². The van der Waals surface area contributed by atoms with Crippen molar-refractivity contribution >= 4 is 0 Å². The molecule has 0 fully saturated rings. The van der Waals surface area contributed by atoms with Crippen molar-refractivity contribution in [1.82, 2.24) is 0 Å². The predicted octanol–water partition coefficient (Wildman–Crippen LogP) is 0.0533. The lowest BCUT2D eigenvalue weighted by Crippen LogP contribution is -2.35. The Bertz CT molecular complexity index is 74.9. The molecule has 0 aliphatic heterocycles. The van der Waals surface area contributed by atoms with Gasteiger partial charge in [-0.2, -0.15) is 0 Å². The maximum absolute atomic E-state index is 8.53. The summed E-state index contributed by atoms with van der Waals surface area (Å²) in [6.07, 6.45) is 1.45. The van der Waals surface area contributed by atoms with Crippen LogP contribution >= 0.6 is 0 Å². The maximum atomic E-state index is 8.53. The van der Waals surface area contributed by atoms with E-state index < -0.39 is 11.9 Å². The van der Waals surface area contributed by atoms with Crippen molar-refractivity contribution in [2.75, 3.05) is 0 Å². The third-order valence-corrected chi connectivity index (χ3v) is 1.38. The lowest BCUT2D eigenvalue weighted by Gasteiger charge is -2.21. The quantitative estimate of drug-likeness (QED) is 0.478. The van der Waals surface area contributed by atoms with E-state index in [1.54, 1.807) is 6.92 Å². The zero-order valence-corrected chi connectivity index (χ0v) is 5.83. The minimum Gasteiger partial charge on any atom is -0.343 e. The number of rotatable bonds is 3. The summed E-state index contributed by atoms with van der Waals surface area (Å²) in [7, 11) is 0. The van der Waals surface area contributed by atoms with Crippen LogP contribution in [-0.4, -0.2) is 21.3 Å². The first kappa shape index (κ1) is 8.88. The summed E-state index contributed by atoms with van der Waals surface area (Å²) in [5.41, 5.74) is 0. The van der Waals surface area contributed by atoms with E-state index in [-0.39, 0.29) is 0 Å². The van der Waals surface area contributed by atoms with Gasteiger partial charge in [-0.15, -0.1) is 0 Å². The van der Waals surface area contributed by atoms with Gasteiger partial charge in [0.2, 0.25) is 0 Å². The molecule has 9 heavy (non-hydrogen) atoms. The van der Waals surface area contributed by atoms with Gasteiger partial charge in [0, 0.05) is 5.92 Å². The van der Waals surface area contributed by atoms with Gasteiger partial charge >= 0.3 is 0 Å². The molecule has 56 valence electrons. The highest BCUT2D eigenvalue weighted by Gasteiger charge is 2.26. The lowest BCUT2D eigenvalue weighted by molar-refractivity contribution is -0.339. The van der Waals surface area contributed by atoms with Gasteiger partial charge in [0.15, 0.2) is 0 Å². The summed E-state index contributed by atoms with van der Waals surface area (Å²) in [6, 6.07) is 0. The Balaban J connectivity index is 3.59. The topological polar surface area (TPSA) is 60.7 Å². The molecule has 3 N–H and O–H groups in total. The smallest absolute Gasteiger partial charge is 0.277 e. The van der Waals surface area contributed by atoms with E-state index in [4.69, 9.17) is 15.3 Å². The third kappa shape index (κ3) is 3.46. The van der Waals surface area contributed by atoms with Gasteiger partial charge in [-0.25, -0.2) is 0 Å². The standard InChI is InChI=1S/C6H14O3/c1-3-4-5(2)6(7,8)9/h5,7-9H,3-4H2,1-2H3. The minimum absolute atomic E-state index is 0.470.